The van der Waals surface area contributed by atoms with Gasteiger partial charge < -0.3 is 0 Å². The molecule has 0 saturated carbocycles. The Kier molecular flexibility index (Phi) is 4.63. The first kappa shape index (κ1) is 14.5. The maximum absolute atomic E-state index is 12.3. The van der Waals surface area contributed by atoms with Gasteiger partial charge in [0.05, 0.1) is 0 Å². The fourth-order valence-electron chi connectivity index (χ4n) is 2.69. The van der Waals surface area contributed by atoms with Crippen LogP contribution < -0.4 is 5.43 Å². The van der Waals surface area contributed by atoms with Crippen molar-refractivity contribution >= 4 is 21.8 Å². The normalized spacial score (nSPS) is 24.2. The molecular weight excluding hydrogens is 304 g/mol. The number of hydrogen-bond donors (Lipinski definition) is 1. The van der Waals surface area contributed by atoms with E-state index in [-0.39, 0.29) is 5.91 Å². The fourth-order valence-corrected chi connectivity index (χ4v) is 3.30. The molecule has 104 valence electrons. The molecule has 2 atom stereocenters. The molecule has 2 unspecified atom stereocenters. The van der Waals surface area contributed by atoms with E-state index in [2.05, 4.69) is 40.2 Å². The molecule has 0 bridgehead atoms. The van der Waals surface area contributed by atoms with E-state index in [1.807, 2.05) is 25.1 Å². The van der Waals surface area contributed by atoms with Crippen LogP contribution in [-0.4, -0.2) is 23.0 Å². The molecule has 4 heteroatoms. The summed E-state index contributed by atoms with van der Waals surface area (Å²) in [4.78, 5) is 12.3. The lowest BCUT2D eigenvalue weighted by molar-refractivity contribution is 0.0369. The summed E-state index contributed by atoms with van der Waals surface area (Å²) in [5.74, 6) is -0.0231. The predicted octanol–water partition coefficient (Wildman–Crippen LogP) is 3.67. The number of benzene rings is 1. The Morgan fingerprint density at radius 3 is 2.47 bits per heavy atom. The van der Waals surface area contributed by atoms with Gasteiger partial charge in [-0.3, -0.25) is 10.2 Å². The van der Waals surface area contributed by atoms with Crippen LogP contribution in [0.4, 0.5) is 0 Å². The highest BCUT2D eigenvalue weighted by atomic mass is 79.9. The van der Waals surface area contributed by atoms with Crippen molar-refractivity contribution in [1.82, 2.24) is 10.4 Å². The summed E-state index contributed by atoms with van der Waals surface area (Å²) in [6.45, 7) is 6.33. The monoisotopic (exact) mass is 324 g/mol. The Bertz CT molecular complexity index is 445. The Morgan fingerprint density at radius 2 is 1.89 bits per heavy atom. The van der Waals surface area contributed by atoms with E-state index in [1.54, 1.807) is 0 Å². The second-order valence-corrected chi connectivity index (χ2v) is 6.41. The van der Waals surface area contributed by atoms with Crippen LogP contribution in [0.5, 0.6) is 0 Å². The molecule has 3 nitrogen and oxygen atoms in total. The third-order valence-corrected chi connectivity index (χ3v) is 4.19. The molecule has 1 aromatic rings. The van der Waals surface area contributed by atoms with Crippen LogP contribution in [0.25, 0.3) is 0 Å². The van der Waals surface area contributed by atoms with Crippen molar-refractivity contribution in [3.05, 3.63) is 33.8 Å². The number of aryl methyl sites for hydroxylation is 1. The van der Waals surface area contributed by atoms with E-state index in [0.717, 1.165) is 22.9 Å². The third kappa shape index (κ3) is 3.57. The summed E-state index contributed by atoms with van der Waals surface area (Å²) in [5, 5.41) is 2.10. The Labute approximate surface area is 123 Å². The number of carbonyl (C=O) groups is 1. The first-order chi connectivity index (χ1) is 8.97. The Balaban J connectivity index is 2.11. The van der Waals surface area contributed by atoms with Gasteiger partial charge in [0, 0.05) is 22.1 Å². The molecule has 0 aromatic heterocycles. The average molecular weight is 325 g/mol. The van der Waals surface area contributed by atoms with Gasteiger partial charge in [-0.2, -0.15) is 0 Å². The van der Waals surface area contributed by atoms with Gasteiger partial charge in [0.1, 0.15) is 0 Å². The second-order valence-electron chi connectivity index (χ2n) is 5.49. The molecule has 1 aliphatic rings. The molecule has 1 heterocycles. The lowest BCUT2D eigenvalue weighted by Gasteiger charge is -2.38. The van der Waals surface area contributed by atoms with Crippen molar-refractivity contribution in [2.75, 3.05) is 0 Å². The maximum Gasteiger partial charge on any atom is 0.265 e. The molecule has 0 radical (unpaired) electrons. The lowest BCUT2D eigenvalue weighted by Crippen LogP contribution is -2.54. The molecule has 0 aliphatic carbocycles. The first-order valence-corrected chi connectivity index (χ1v) is 7.63. The van der Waals surface area contributed by atoms with E-state index in [1.165, 1.54) is 6.42 Å². The van der Waals surface area contributed by atoms with Crippen LogP contribution in [0.15, 0.2) is 22.7 Å². The Morgan fingerprint density at radius 1 is 1.26 bits per heavy atom. The van der Waals surface area contributed by atoms with Gasteiger partial charge in [0.2, 0.25) is 0 Å². The zero-order chi connectivity index (χ0) is 14.0. The summed E-state index contributed by atoms with van der Waals surface area (Å²) in [6, 6.07) is 6.59. The minimum atomic E-state index is -0.0231. The van der Waals surface area contributed by atoms with Crippen LogP contribution in [0.2, 0.25) is 0 Å². The average Bonchev–Trinajstić information content (AvgIpc) is 2.32. The van der Waals surface area contributed by atoms with Crippen molar-refractivity contribution in [1.29, 1.82) is 0 Å². The minimum Gasteiger partial charge on any atom is -0.284 e. The number of nitrogens with one attached hydrogen (secondary N) is 1. The fraction of sp³-hybridized carbons (Fsp3) is 0.533. The van der Waals surface area contributed by atoms with Crippen molar-refractivity contribution in [3.63, 3.8) is 0 Å². The molecule has 1 aromatic carbocycles. The molecule has 1 aliphatic heterocycles. The second kappa shape index (κ2) is 6.06. The molecule has 1 N–H and O–H groups in total. The molecule has 0 spiro atoms. The van der Waals surface area contributed by atoms with Gasteiger partial charge >= 0.3 is 0 Å². The summed E-state index contributed by atoms with van der Waals surface area (Å²) in [6.07, 6.45) is 3.52. The Hall–Kier alpha value is -0.870. The molecule has 2 rings (SSSR count). The SMILES string of the molecule is Cc1cc(Br)cc(C(=O)NN2C(C)CCCC2C)c1. The molecular formula is C15H21BrN2O. The van der Waals surface area contributed by atoms with Gasteiger partial charge in [-0.05, 0) is 57.4 Å². The van der Waals surface area contributed by atoms with E-state index < -0.39 is 0 Å². The van der Waals surface area contributed by atoms with Crippen LogP contribution >= 0.6 is 15.9 Å². The highest BCUT2D eigenvalue weighted by Gasteiger charge is 2.26. The zero-order valence-corrected chi connectivity index (χ0v) is 13.3. The summed E-state index contributed by atoms with van der Waals surface area (Å²) in [7, 11) is 0. The lowest BCUT2D eigenvalue weighted by atomic mass is 10.00. The summed E-state index contributed by atoms with van der Waals surface area (Å²) in [5.41, 5.74) is 4.85. The van der Waals surface area contributed by atoms with Gasteiger partial charge in [0.15, 0.2) is 0 Å². The van der Waals surface area contributed by atoms with Crippen molar-refractivity contribution < 1.29 is 4.79 Å². The number of nitrogens with zero attached hydrogens (tertiary/aromatic N) is 1. The third-order valence-electron chi connectivity index (χ3n) is 3.73. The van der Waals surface area contributed by atoms with Crippen LogP contribution in [-0.2, 0) is 0 Å². The van der Waals surface area contributed by atoms with Gasteiger partial charge in [-0.1, -0.05) is 22.4 Å². The van der Waals surface area contributed by atoms with Crippen LogP contribution in [0, 0.1) is 6.92 Å². The highest BCUT2D eigenvalue weighted by Crippen LogP contribution is 2.21. The number of hydrazine groups is 1. The number of halogens is 1. The smallest absolute Gasteiger partial charge is 0.265 e. The highest BCUT2D eigenvalue weighted by molar-refractivity contribution is 9.10. The van der Waals surface area contributed by atoms with Crippen LogP contribution in [0.1, 0.15) is 49.0 Å². The number of piperidine rings is 1. The topological polar surface area (TPSA) is 32.3 Å². The minimum absolute atomic E-state index is 0.0231. The molecule has 19 heavy (non-hydrogen) atoms. The van der Waals surface area contributed by atoms with Crippen molar-refractivity contribution in [2.45, 2.75) is 52.1 Å². The number of rotatable bonds is 2. The number of carbonyl (C=O) groups excluding carboxylic acids is 1. The summed E-state index contributed by atoms with van der Waals surface area (Å²) >= 11 is 3.44. The standard InChI is InChI=1S/C15H21BrN2O/c1-10-7-13(9-14(16)8-10)15(19)17-18-11(2)5-4-6-12(18)3/h7-9,11-12H,4-6H2,1-3H3,(H,17,19). The van der Waals surface area contributed by atoms with Crippen molar-refractivity contribution in [3.8, 4) is 0 Å². The van der Waals surface area contributed by atoms with E-state index in [9.17, 15) is 4.79 Å². The van der Waals surface area contributed by atoms with Crippen molar-refractivity contribution in [2.24, 2.45) is 0 Å². The number of amides is 1. The maximum atomic E-state index is 12.3. The van der Waals surface area contributed by atoms with Crippen LogP contribution in [0.3, 0.4) is 0 Å². The predicted molar refractivity (Wildman–Crippen MR) is 81.0 cm³/mol. The molecule has 1 fully saturated rings. The zero-order valence-electron chi connectivity index (χ0n) is 11.7. The van der Waals surface area contributed by atoms with Gasteiger partial charge in [-0.25, -0.2) is 5.01 Å². The summed E-state index contributed by atoms with van der Waals surface area (Å²) < 4.78 is 0.942. The van der Waals surface area contributed by atoms with E-state index in [4.69, 9.17) is 0 Å². The van der Waals surface area contributed by atoms with E-state index in [0.29, 0.717) is 17.6 Å². The van der Waals surface area contributed by atoms with E-state index >= 15 is 0 Å². The largest absolute Gasteiger partial charge is 0.284 e. The number of hydrogen-bond acceptors (Lipinski definition) is 2. The van der Waals surface area contributed by atoms with Gasteiger partial charge in [-0.15, -0.1) is 0 Å². The van der Waals surface area contributed by atoms with Gasteiger partial charge in [0.25, 0.3) is 5.91 Å². The quantitative estimate of drug-likeness (QED) is 0.900. The first-order valence-electron chi connectivity index (χ1n) is 6.84. The molecule has 1 saturated heterocycles. The molecule has 1 amide bonds.